The van der Waals surface area contributed by atoms with Gasteiger partial charge in [-0.1, -0.05) is 0 Å². The van der Waals surface area contributed by atoms with E-state index in [9.17, 15) is 0 Å². The van der Waals surface area contributed by atoms with Crippen molar-refractivity contribution in [1.29, 1.82) is 0 Å². The zero-order valence-electron chi connectivity index (χ0n) is 4.43. The molecule has 0 bridgehead atoms. The topological polar surface area (TPSA) is 36.9 Å². The van der Waals surface area contributed by atoms with Crippen molar-refractivity contribution in [1.82, 2.24) is 0 Å². The minimum Gasteiger partial charge on any atom is -1.00 e. The normalized spacial score (nSPS) is 15.9. The van der Waals surface area contributed by atoms with Gasteiger partial charge in [-0.3, -0.25) is 0 Å². The van der Waals surface area contributed by atoms with Gasteiger partial charge in [-0.25, -0.2) is 0 Å². The monoisotopic (exact) mass is 225 g/mol. The van der Waals surface area contributed by atoms with Crippen LogP contribution in [-0.4, -0.2) is 6.61 Å². The molecule has 1 heterocycles. The standard InChI is InChI=1S/C5H7NO.HI/c6-5-1-3-7-4-2-5;/h1-3H,4,6H2;1H. The van der Waals surface area contributed by atoms with Crippen molar-refractivity contribution in [2.24, 2.45) is 0 Å². The van der Waals surface area contributed by atoms with Crippen LogP contribution >= 0.6 is 0 Å². The average Bonchev–Trinajstić information content (AvgIpc) is 1.69. The number of quaternary nitrogens is 1. The second-order valence-electron chi connectivity index (χ2n) is 1.42. The minimum absolute atomic E-state index is 0. The Hall–Kier alpha value is -0.0300. The molecule has 0 aromatic heterocycles. The number of hydrogen-bond donors (Lipinski definition) is 1. The van der Waals surface area contributed by atoms with E-state index >= 15 is 0 Å². The maximum atomic E-state index is 4.84. The lowest BCUT2D eigenvalue weighted by molar-refractivity contribution is -0.296. The van der Waals surface area contributed by atoms with Crippen LogP contribution in [0.1, 0.15) is 0 Å². The summed E-state index contributed by atoms with van der Waals surface area (Å²) in [5, 5.41) is 0. The molecule has 0 aromatic carbocycles. The van der Waals surface area contributed by atoms with Crippen molar-refractivity contribution in [3.63, 3.8) is 0 Å². The maximum Gasteiger partial charge on any atom is 0.130 e. The van der Waals surface area contributed by atoms with Crippen molar-refractivity contribution in [3.05, 3.63) is 24.1 Å². The molecule has 0 saturated heterocycles. The molecule has 1 aliphatic rings. The summed E-state index contributed by atoms with van der Waals surface area (Å²) >= 11 is 0. The lowest BCUT2D eigenvalue weighted by Gasteiger charge is -1.97. The Morgan fingerprint density at radius 1 is 1.62 bits per heavy atom. The number of halogens is 1. The van der Waals surface area contributed by atoms with Gasteiger partial charge in [-0.2, -0.15) is 0 Å². The first-order valence-corrected chi connectivity index (χ1v) is 2.20. The predicted octanol–water partition coefficient (Wildman–Crippen LogP) is -3.34. The molecular formula is C5H8INO. The second kappa shape index (κ2) is 3.91. The third kappa shape index (κ3) is 2.32. The van der Waals surface area contributed by atoms with Crippen LogP contribution in [-0.2, 0) is 4.74 Å². The Morgan fingerprint density at radius 2 is 2.38 bits per heavy atom. The Labute approximate surface area is 65.4 Å². The van der Waals surface area contributed by atoms with E-state index in [0.29, 0.717) is 6.61 Å². The third-order valence-corrected chi connectivity index (χ3v) is 0.820. The average molecular weight is 225 g/mol. The van der Waals surface area contributed by atoms with Crippen molar-refractivity contribution in [2.75, 3.05) is 6.61 Å². The molecule has 0 fully saturated rings. The number of allylic oxidation sites excluding steroid dienone is 1. The molecule has 46 valence electrons. The highest BCUT2D eigenvalue weighted by atomic mass is 127. The van der Waals surface area contributed by atoms with Crippen LogP contribution in [0.4, 0.5) is 0 Å². The summed E-state index contributed by atoms with van der Waals surface area (Å²) in [6.07, 6.45) is 5.42. The fourth-order valence-electron chi connectivity index (χ4n) is 0.414. The highest BCUT2D eigenvalue weighted by Crippen LogP contribution is 1.92. The third-order valence-electron chi connectivity index (χ3n) is 0.820. The number of rotatable bonds is 0. The molecule has 0 amide bonds. The van der Waals surface area contributed by atoms with Crippen LogP contribution in [0.3, 0.4) is 0 Å². The van der Waals surface area contributed by atoms with E-state index in [4.69, 9.17) is 4.74 Å². The summed E-state index contributed by atoms with van der Waals surface area (Å²) in [4.78, 5) is 0. The van der Waals surface area contributed by atoms with E-state index in [2.05, 4.69) is 5.73 Å². The Kier molecular flexibility index (Phi) is 3.90. The van der Waals surface area contributed by atoms with Crippen molar-refractivity contribution < 1.29 is 34.4 Å². The lowest BCUT2D eigenvalue weighted by Crippen LogP contribution is -3.00. The largest absolute Gasteiger partial charge is 1.00 e. The lowest BCUT2D eigenvalue weighted by atomic mass is 10.4. The highest BCUT2D eigenvalue weighted by molar-refractivity contribution is 5.09. The Balaban J connectivity index is 0.000000490. The Morgan fingerprint density at radius 3 is 2.62 bits per heavy atom. The number of hydrogen-bond acceptors (Lipinski definition) is 1. The molecular weight excluding hydrogens is 217 g/mol. The van der Waals surface area contributed by atoms with Gasteiger partial charge in [0, 0.05) is 12.2 Å². The van der Waals surface area contributed by atoms with E-state index in [-0.39, 0.29) is 24.0 Å². The first kappa shape index (κ1) is 7.97. The molecule has 3 heteroatoms. The van der Waals surface area contributed by atoms with Gasteiger partial charge in [0.25, 0.3) is 0 Å². The minimum atomic E-state index is 0. The molecule has 0 aliphatic carbocycles. The smallest absolute Gasteiger partial charge is 0.130 e. The summed E-state index contributed by atoms with van der Waals surface area (Å²) < 4.78 is 4.84. The molecule has 0 aromatic rings. The van der Waals surface area contributed by atoms with E-state index in [1.807, 2.05) is 12.2 Å². The SMILES string of the molecule is [I-].[NH3+]C1=CCOC=C1. The molecule has 1 rings (SSSR count). The van der Waals surface area contributed by atoms with E-state index in [1.54, 1.807) is 6.26 Å². The fraction of sp³-hybridized carbons (Fsp3) is 0.200. The maximum absolute atomic E-state index is 4.84. The first-order chi connectivity index (χ1) is 3.39. The molecule has 0 atom stereocenters. The molecule has 8 heavy (non-hydrogen) atoms. The Bertz CT molecular complexity index is 120. The van der Waals surface area contributed by atoms with Gasteiger partial charge in [0.05, 0.1) is 6.26 Å². The highest BCUT2D eigenvalue weighted by Gasteiger charge is 1.90. The van der Waals surface area contributed by atoms with Crippen LogP contribution in [0.15, 0.2) is 24.1 Å². The van der Waals surface area contributed by atoms with Crippen molar-refractivity contribution in [2.45, 2.75) is 0 Å². The van der Waals surface area contributed by atoms with Gasteiger partial charge in [0.15, 0.2) is 0 Å². The predicted molar refractivity (Wildman–Crippen MR) is 26.1 cm³/mol. The van der Waals surface area contributed by atoms with Gasteiger partial charge in [0.1, 0.15) is 12.3 Å². The van der Waals surface area contributed by atoms with Crippen LogP contribution in [0.25, 0.3) is 0 Å². The molecule has 0 unspecified atom stereocenters. The molecule has 1 aliphatic heterocycles. The van der Waals surface area contributed by atoms with Gasteiger partial charge in [0.2, 0.25) is 0 Å². The summed E-state index contributed by atoms with van der Waals surface area (Å²) in [5.41, 5.74) is 4.73. The van der Waals surface area contributed by atoms with Gasteiger partial charge in [-0.05, 0) is 0 Å². The van der Waals surface area contributed by atoms with Crippen molar-refractivity contribution in [3.8, 4) is 0 Å². The quantitative estimate of drug-likeness (QED) is 0.430. The van der Waals surface area contributed by atoms with Crippen molar-refractivity contribution >= 4 is 0 Å². The second-order valence-corrected chi connectivity index (χ2v) is 1.42. The van der Waals surface area contributed by atoms with Gasteiger partial charge in [-0.15, -0.1) is 0 Å². The first-order valence-electron chi connectivity index (χ1n) is 2.20. The van der Waals surface area contributed by atoms with Gasteiger partial charge >= 0.3 is 0 Å². The molecule has 0 saturated carbocycles. The van der Waals surface area contributed by atoms with E-state index < -0.39 is 0 Å². The molecule has 2 nitrogen and oxygen atoms in total. The zero-order valence-corrected chi connectivity index (χ0v) is 6.59. The molecule has 3 N–H and O–H groups in total. The fourth-order valence-corrected chi connectivity index (χ4v) is 0.414. The molecule has 0 spiro atoms. The van der Waals surface area contributed by atoms with Crippen LogP contribution in [0, 0.1) is 0 Å². The number of ether oxygens (including phenoxy) is 1. The summed E-state index contributed by atoms with van der Waals surface area (Å²) in [5.74, 6) is 0. The summed E-state index contributed by atoms with van der Waals surface area (Å²) in [6, 6.07) is 0. The van der Waals surface area contributed by atoms with Crippen LogP contribution < -0.4 is 29.7 Å². The van der Waals surface area contributed by atoms with Gasteiger partial charge < -0.3 is 34.4 Å². The zero-order chi connectivity index (χ0) is 5.11. The van der Waals surface area contributed by atoms with Crippen LogP contribution in [0.5, 0.6) is 0 Å². The van der Waals surface area contributed by atoms with E-state index in [0.717, 1.165) is 5.70 Å². The summed E-state index contributed by atoms with van der Waals surface area (Å²) in [6.45, 7) is 0.676. The molecule has 0 radical (unpaired) electrons. The van der Waals surface area contributed by atoms with E-state index in [1.165, 1.54) is 0 Å². The van der Waals surface area contributed by atoms with Crippen LogP contribution in [0.2, 0.25) is 0 Å². The summed E-state index contributed by atoms with van der Waals surface area (Å²) in [7, 11) is 0.